The first kappa shape index (κ1) is 7.22. The first-order chi connectivity index (χ1) is 4.83. The highest BCUT2D eigenvalue weighted by Gasteiger charge is 1.88. The van der Waals surface area contributed by atoms with Gasteiger partial charge in [0.05, 0.1) is 18.1 Å². The highest BCUT2D eigenvalue weighted by molar-refractivity contribution is 6.29. The van der Waals surface area contributed by atoms with Gasteiger partial charge in [-0.3, -0.25) is 4.98 Å². The molecule has 0 bridgehead atoms. The second-order valence-corrected chi connectivity index (χ2v) is 2.15. The molecule has 0 aliphatic rings. The molecule has 0 aliphatic carbocycles. The molecule has 0 spiro atoms. The van der Waals surface area contributed by atoms with Crippen LogP contribution in [0.1, 0.15) is 12.6 Å². The quantitative estimate of drug-likeness (QED) is 0.620. The molecule has 1 aromatic rings. The lowest BCUT2D eigenvalue weighted by Crippen LogP contribution is -1.82. The van der Waals surface area contributed by atoms with Crippen LogP contribution < -0.4 is 0 Å². The fraction of sp³-hybridized carbons (Fsp3) is 0.143. The van der Waals surface area contributed by atoms with E-state index < -0.39 is 0 Å². The van der Waals surface area contributed by atoms with Gasteiger partial charge in [0, 0.05) is 0 Å². The van der Waals surface area contributed by atoms with Crippen LogP contribution in [0.3, 0.4) is 0 Å². The number of halogens is 1. The zero-order valence-electron chi connectivity index (χ0n) is 5.58. The molecule has 0 saturated heterocycles. The molecular weight excluding hydrogens is 148 g/mol. The predicted molar refractivity (Wildman–Crippen MR) is 41.8 cm³/mol. The van der Waals surface area contributed by atoms with Crippen molar-refractivity contribution in [2.45, 2.75) is 6.92 Å². The summed E-state index contributed by atoms with van der Waals surface area (Å²) in [5, 5.41) is 0.426. The van der Waals surface area contributed by atoms with E-state index in [-0.39, 0.29) is 0 Å². The van der Waals surface area contributed by atoms with Gasteiger partial charge < -0.3 is 0 Å². The van der Waals surface area contributed by atoms with Gasteiger partial charge in [-0.1, -0.05) is 17.7 Å². The largest absolute Gasteiger partial charge is 0.259 e. The van der Waals surface area contributed by atoms with Crippen LogP contribution in [-0.2, 0) is 0 Å². The van der Waals surface area contributed by atoms with Gasteiger partial charge in [-0.25, -0.2) is 4.98 Å². The second kappa shape index (κ2) is 3.32. The van der Waals surface area contributed by atoms with Gasteiger partial charge in [-0.15, -0.1) is 0 Å². The van der Waals surface area contributed by atoms with Crippen LogP contribution in [-0.4, -0.2) is 9.97 Å². The summed E-state index contributed by atoms with van der Waals surface area (Å²) in [6.45, 7) is 1.92. The summed E-state index contributed by atoms with van der Waals surface area (Å²) < 4.78 is 0. The van der Waals surface area contributed by atoms with Gasteiger partial charge in [0.25, 0.3) is 0 Å². The lowest BCUT2D eigenvalue weighted by molar-refractivity contribution is 1.18. The molecule has 0 aromatic carbocycles. The van der Waals surface area contributed by atoms with Crippen molar-refractivity contribution in [1.82, 2.24) is 9.97 Å². The van der Waals surface area contributed by atoms with Crippen LogP contribution in [0.5, 0.6) is 0 Å². The average molecular weight is 155 g/mol. The van der Waals surface area contributed by atoms with Gasteiger partial charge in [-0.05, 0) is 13.0 Å². The maximum atomic E-state index is 5.57. The molecule has 1 heterocycles. The van der Waals surface area contributed by atoms with Crippen molar-refractivity contribution in [2.24, 2.45) is 0 Å². The van der Waals surface area contributed by atoms with Crippen molar-refractivity contribution in [1.29, 1.82) is 0 Å². The van der Waals surface area contributed by atoms with Gasteiger partial charge in [0.1, 0.15) is 5.15 Å². The van der Waals surface area contributed by atoms with E-state index >= 15 is 0 Å². The summed E-state index contributed by atoms with van der Waals surface area (Å²) in [6.07, 6.45) is 6.90. The Labute approximate surface area is 64.6 Å². The van der Waals surface area contributed by atoms with Crippen LogP contribution in [0, 0.1) is 0 Å². The molecule has 3 heteroatoms. The molecule has 52 valence electrons. The maximum absolute atomic E-state index is 5.57. The smallest absolute Gasteiger partial charge is 0.148 e. The van der Waals surface area contributed by atoms with Crippen LogP contribution >= 0.6 is 11.6 Å². The summed E-state index contributed by atoms with van der Waals surface area (Å²) in [5.74, 6) is 0. The Hall–Kier alpha value is -0.890. The third-order valence-electron chi connectivity index (χ3n) is 0.961. The standard InChI is InChI=1S/C7H7ClN2/c1-2-3-6-4-9-5-7(8)10-6/h2-5H,1H3/b3-2+. The van der Waals surface area contributed by atoms with Crippen molar-refractivity contribution < 1.29 is 0 Å². The van der Waals surface area contributed by atoms with Crippen molar-refractivity contribution in [3.05, 3.63) is 29.3 Å². The molecule has 0 saturated carbocycles. The van der Waals surface area contributed by atoms with E-state index in [2.05, 4.69) is 9.97 Å². The Morgan fingerprint density at radius 2 is 2.30 bits per heavy atom. The lowest BCUT2D eigenvalue weighted by atomic mass is 10.4. The normalized spacial score (nSPS) is 10.6. The van der Waals surface area contributed by atoms with E-state index in [1.165, 1.54) is 6.20 Å². The third kappa shape index (κ3) is 1.81. The lowest BCUT2D eigenvalue weighted by Gasteiger charge is -1.89. The Morgan fingerprint density at radius 1 is 1.50 bits per heavy atom. The molecule has 0 unspecified atom stereocenters. The third-order valence-corrected chi connectivity index (χ3v) is 1.14. The Bertz CT molecular complexity index is 245. The molecular formula is C7H7ClN2. The summed E-state index contributed by atoms with van der Waals surface area (Å²) in [7, 11) is 0. The molecule has 0 radical (unpaired) electrons. The molecule has 10 heavy (non-hydrogen) atoms. The van der Waals surface area contributed by atoms with E-state index in [1.807, 2.05) is 19.1 Å². The number of rotatable bonds is 1. The predicted octanol–water partition coefficient (Wildman–Crippen LogP) is 2.16. The summed E-state index contributed by atoms with van der Waals surface area (Å²) in [4.78, 5) is 7.84. The summed E-state index contributed by atoms with van der Waals surface area (Å²) >= 11 is 5.57. The minimum atomic E-state index is 0.426. The molecule has 2 nitrogen and oxygen atoms in total. The molecule has 1 rings (SSSR count). The molecule has 0 N–H and O–H groups in total. The molecule has 0 atom stereocenters. The molecule has 1 aromatic heterocycles. The Morgan fingerprint density at radius 3 is 2.90 bits per heavy atom. The fourth-order valence-corrected chi connectivity index (χ4v) is 0.761. The SMILES string of the molecule is C/C=C/c1cncc(Cl)n1. The number of hydrogen-bond acceptors (Lipinski definition) is 2. The number of aromatic nitrogens is 2. The fourth-order valence-electron chi connectivity index (χ4n) is 0.607. The van der Waals surface area contributed by atoms with E-state index in [4.69, 9.17) is 11.6 Å². The van der Waals surface area contributed by atoms with Gasteiger partial charge in [0.15, 0.2) is 0 Å². The molecule has 0 amide bonds. The highest BCUT2D eigenvalue weighted by Crippen LogP contribution is 2.03. The number of hydrogen-bond donors (Lipinski definition) is 0. The van der Waals surface area contributed by atoms with Crippen LogP contribution in [0.25, 0.3) is 6.08 Å². The van der Waals surface area contributed by atoms with E-state index in [9.17, 15) is 0 Å². The van der Waals surface area contributed by atoms with Crippen LogP contribution in [0.15, 0.2) is 18.5 Å². The minimum Gasteiger partial charge on any atom is -0.259 e. The van der Waals surface area contributed by atoms with Crippen LogP contribution in [0.2, 0.25) is 5.15 Å². The molecule has 0 fully saturated rings. The van der Waals surface area contributed by atoms with Crippen molar-refractivity contribution in [3.8, 4) is 0 Å². The van der Waals surface area contributed by atoms with Crippen LogP contribution in [0.4, 0.5) is 0 Å². The zero-order valence-corrected chi connectivity index (χ0v) is 6.34. The maximum Gasteiger partial charge on any atom is 0.148 e. The number of allylic oxidation sites excluding steroid dienone is 1. The average Bonchev–Trinajstić information content (AvgIpc) is 1.88. The van der Waals surface area contributed by atoms with E-state index in [0.29, 0.717) is 5.15 Å². The summed E-state index contributed by atoms with van der Waals surface area (Å²) in [5.41, 5.74) is 0.787. The van der Waals surface area contributed by atoms with Gasteiger partial charge in [0.2, 0.25) is 0 Å². The summed E-state index contributed by atoms with van der Waals surface area (Å²) in [6, 6.07) is 0. The Kier molecular flexibility index (Phi) is 2.40. The Balaban J connectivity index is 2.95. The van der Waals surface area contributed by atoms with E-state index in [0.717, 1.165) is 5.69 Å². The highest BCUT2D eigenvalue weighted by atomic mass is 35.5. The van der Waals surface area contributed by atoms with Gasteiger partial charge >= 0.3 is 0 Å². The van der Waals surface area contributed by atoms with Crippen molar-refractivity contribution in [3.63, 3.8) is 0 Å². The minimum absolute atomic E-state index is 0.426. The van der Waals surface area contributed by atoms with Gasteiger partial charge in [-0.2, -0.15) is 0 Å². The first-order valence-corrected chi connectivity index (χ1v) is 3.31. The van der Waals surface area contributed by atoms with Crippen molar-refractivity contribution >= 4 is 17.7 Å². The number of nitrogens with zero attached hydrogens (tertiary/aromatic N) is 2. The molecule has 0 aliphatic heterocycles. The zero-order chi connectivity index (χ0) is 7.40. The first-order valence-electron chi connectivity index (χ1n) is 2.93. The topological polar surface area (TPSA) is 25.8 Å². The monoisotopic (exact) mass is 154 g/mol. The van der Waals surface area contributed by atoms with Crippen molar-refractivity contribution in [2.75, 3.05) is 0 Å². The second-order valence-electron chi connectivity index (χ2n) is 1.77. The van der Waals surface area contributed by atoms with E-state index in [1.54, 1.807) is 6.20 Å².